The minimum atomic E-state index is -0.857. The molecule has 0 bridgehead atoms. The topological polar surface area (TPSA) is 70.7 Å². The second-order valence-corrected chi connectivity index (χ2v) is 6.34. The van der Waals surface area contributed by atoms with Crippen LogP contribution in [0.5, 0.6) is 0 Å². The van der Waals surface area contributed by atoms with Crippen LogP contribution in [0, 0.1) is 11.6 Å². The van der Waals surface area contributed by atoms with E-state index in [1.807, 2.05) is 0 Å². The first kappa shape index (κ1) is 19.9. The van der Waals surface area contributed by atoms with Gasteiger partial charge in [0.2, 0.25) is 0 Å². The molecule has 0 spiro atoms. The maximum atomic E-state index is 13.6. The number of carbonyl (C=O) groups is 2. The number of amides is 2. The third-order valence-corrected chi connectivity index (χ3v) is 4.43. The van der Waals surface area contributed by atoms with Crippen molar-refractivity contribution in [2.45, 2.75) is 0 Å². The Morgan fingerprint density at radius 1 is 0.929 bits per heavy atom. The number of ether oxygens (including phenoxy) is 1. The van der Waals surface area contributed by atoms with Crippen molar-refractivity contribution in [1.82, 2.24) is 10.2 Å². The molecule has 1 heterocycles. The van der Waals surface area contributed by atoms with Crippen LogP contribution in [0.1, 0.15) is 20.7 Å². The maximum absolute atomic E-state index is 13.6. The van der Waals surface area contributed by atoms with Crippen molar-refractivity contribution in [2.24, 2.45) is 0 Å². The predicted octanol–water partition coefficient (Wildman–Crippen LogP) is 2.28. The van der Waals surface area contributed by atoms with Crippen molar-refractivity contribution in [1.29, 1.82) is 0 Å². The Balaban J connectivity index is 1.53. The third kappa shape index (κ3) is 5.11. The zero-order chi connectivity index (χ0) is 19.9. The van der Waals surface area contributed by atoms with E-state index in [1.165, 1.54) is 30.3 Å². The molecular formula is C20H21F2N3O3. The molecule has 28 heavy (non-hydrogen) atoms. The van der Waals surface area contributed by atoms with Gasteiger partial charge in [0.25, 0.3) is 11.8 Å². The van der Waals surface area contributed by atoms with Crippen molar-refractivity contribution in [3.8, 4) is 0 Å². The van der Waals surface area contributed by atoms with Crippen LogP contribution < -0.4 is 10.6 Å². The number of nitrogens with one attached hydrogen (secondary N) is 2. The molecule has 1 aliphatic rings. The third-order valence-electron chi connectivity index (χ3n) is 4.43. The number of hydrogen-bond acceptors (Lipinski definition) is 4. The molecule has 0 aliphatic carbocycles. The number of rotatable bonds is 6. The van der Waals surface area contributed by atoms with Gasteiger partial charge in [-0.25, -0.2) is 8.78 Å². The Bertz CT molecular complexity index is 817. The van der Waals surface area contributed by atoms with Crippen molar-refractivity contribution < 1.29 is 23.1 Å². The summed E-state index contributed by atoms with van der Waals surface area (Å²) in [5.41, 5.74) is 0.0838. The Kier molecular flexibility index (Phi) is 6.67. The van der Waals surface area contributed by atoms with Crippen LogP contribution in [0.15, 0.2) is 42.5 Å². The number of halogens is 2. The van der Waals surface area contributed by atoms with Crippen molar-refractivity contribution >= 4 is 17.5 Å². The Labute approximate surface area is 161 Å². The number of para-hydroxylation sites is 1. The lowest BCUT2D eigenvalue weighted by atomic mass is 10.1. The summed E-state index contributed by atoms with van der Waals surface area (Å²) in [6.07, 6.45) is 0. The average Bonchev–Trinajstić information content (AvgIpc) is 2.71. The van der Waals surface area contributed by atoms with E-state index < -0.39 is 23.2 Å². The van der Waals surface area contributed by atoms with Crippen LogP contribution in [0.3, 0.4) is 0 Å². The SMILES string of the molecule is O=C(NCCN1CCOCC1)c1ccc(C(=O)Nc2c(F)cccc2F)cc1. The molecule has 0 atom stereocenters. The van der Waals surface area contributed by atoms with E-state index in [-0.39, 0.29) is 11.5 Å². The molecule has 1 fully saturated rings. The molecule has 2 N–H and O–H groups in total. The number of benzene rings is 2. The zero-order valence-electron chi connectivity index (χ0n) is 15.2. The smallest absolute Gasteiger partial charge is 0.255 e. The lowest BCUT2D eigenvalue weighted by molar-refractivity contribution is 0.0383. The molecule has 6 nitrogen and oxygen atoms in total. The second-order valence-electron chi connectivity index (χ2n) is 6.34. The van der Waals surface area contributed by atoms with E-state index in [4.69, 9.17) is 4.74 Å². The molecule has 0 unspecified atom stereocenters. The minimum Gasteiger partial charge on any atom is -0.379 e. The summed E-state index contributed by atoms with van der Waals surface area (Å²) in [7, 11) is 0. The van der Waals surface area contributed by atoms with Gasteiger partial charge in [0.15, 0.2) is 0 Å². The molecule has 1 saturated heterocycles. The highest BCUT2D eigenvalue weighted by atomic mass is 19.1. The summed E-state index contributed by atoms with van der Waals surface area (Å²) in [5.74, 6) is -2.63. The predicted molar refractivity (Wildman–Crippen MR) is 100 cm³/mol. The second kappa shape index (κ2) is 9.38. The lowest BCUT2D eigenvalue weighted by Gasteiger charge is -2.26. The van der Waals surface area contributed by atoms with Gasteiger partial charge in [-0.2, -0.15) is 0 Å². The summed E-state index contributed by atoms with van der Waals surface area (Å²) in [4.78, 5) is 26.6. The zero-order valence-corrected chi connectivity index (χ0v) is 15.2. The molecule has 1 aliphatic heterocycles. The van der Waals surface area contributed by atoms with Crippen molar-refractivity contribution in [2.75, 3.05) is 44.7 Å². The first-order chi connectivity index (χ1) is 13.5. The van der Waals surface area contributed by atoms with Gasteiger partial charge in [-0.05, 0) is 36.4 Å². The van der Waals surface area contributed by atoms with Crippen molar-refractivity contribution in [3.05, 3.63) is 65.2 Å². The van der Waals surface area contributed by atoms with E-state index >= 15 is 0 Å². The van der Waals surface area contributed by atoms with Crippen LogP contribution in [0.4, 0.5) is 14.5 Å². The molecule has 0 aromatic heterocycles. The number of hydrogen-bond donors (Lipinski definition) is 2. The van der Waals surface area contributed by atoms with Gasteiger partial charge in [0, 0.05) is 37.3 Å². The molecular weight excluding hydrogens is 368 g/mol. The summed E-state index contributed by atoms with van der Waals surface area (Å²) in [5, 5.41) is 5.04. The standard InChI is InChI=1S/C20H21F2N3O3/c21-16-2-1-3-17(22)18(16)24-20(27)15-6-4-14(5-7-15)19(26)23-8-9-25-10-12-28-13-11-25/h1-7H,8-13H2,(H,23,26)(H,24,27). The Hall–Kier alpha value is -2.84. The summed E-state index contributed by atoms with van der Waals surface area (Å²) in [6, 6.07) is 9.20. The Morgan fingerprint density at radius 3 is 2.11 bits per heavy atom. The fraction of sp³-hybridized carbons (Fsp3) is 0.300. The summed E-state index contributed by atoms with van der Waals surface area (Å²) in [6.45, 7) is 4.35. The van der Waals surface area contributed by atoms with Crippen LogP contribution in [0.2, 0.25) is 0 Å². The van der Waals surface area contributed by atoms with Gasteiger partial charge >= 0.3 is 0 Å². The van der Waals surface area contributed by atoms with Crippen LogP contribution in [-0.2, 0) is 4.74 Å². The summed E-state index contributed by atoms with van der Waals surface area (Å²) >= 11 is 0. The molecule has 0 radical (unpaired) electrons. The number of anilines is 1. The van der Waals surface area contributed by atoms with Crippen LogP contribution in [0.25, 0.3) is 0 Å². The highest BCUT2D eigenvalue weighted by Gasteiger charge is 2.15. The van der Waals surface area contributed by atoms with Gasteiger partial charge < -0.3 is 15.4 Å². The molecule has 2 aromatic carbocycles. The van der Waals surface area contributed by atoms with E-state index in [0.29, 0.717) is 25.3 Å². The first-order valence-electron chi connectivity index (χ1n) is 8.98. The van der Waals surface area contributed by atoms with Crippen LogP contribution >= 0.6 is 0 Å². The van der Waals surface area contributed by atoms with Gasteiger partial charge in [0.1, 0.15) is 17.3 Å². The average molecular weight is 389 g/mol. The van der Waals surface area contributed by atoms with Gasteiger partial charge in [0.05, 0.1) is 13.2 Å². The summed E-state index contributed by atoms with van der Waals surface area (Å²) < 4.78 is 32.5. The minimum absolute atomic E-state index is 0.188. The van der Waals surface area contributed by atoms with Crippen LogP contribution in [-0.4, -0.2) is 56.1 Å². The molecule has 8 heteroatoms. The molecule has 2 aromatic rings. The van der Waals surface area contributed by atoms with Gasteiger partial charge in [-0.3, -0.25) is 14.5 Å². The monoisotopic (exact) mass is 389 g/mol. The molecule has 148 valence electrons. The van der Waals surface area contributed by atoms with E-state index in [0.717, 1.165) is 31.8 Å². The highest BCUT2D eigenvalue weighted by molar-refractivity contribution is 6.05. The maximum Gasteiger partial charge on any atom is 0.255 e. The normalized spacial score (nSPS) is 14.5. The van der Waals surface area contributed by atoms with Crippen molar-refractivity contribution in [3.63, 3.8) is 0 Å². The quantitative estimate of drug-likeness (QED) is 0.795. The van der Waals surface area contributed by atoms with E-state index in [9.17, 15) is 18.4 Å². The fourth-order valence-electron chi connectivity index (χ4n) is 2.83. The number of carbonyl (C=O) groups excluding carboxylic acids is 2. The molecule has 3 rings (SSSR count). The largest absolute Gasteiger partial charge is 0.379 e. The van der Waals surface area contributed by atoms with E-state index in [1.54, 1.807) is 0 Å². The fourth-order valence-corrected chi connectivity index (χ4v) is 2.83. The van der Waals surface area contributed by atoms with E-state index in [2.05, 4.69) is 15.5 Å². The Morgan fingerprint density at radius 2 is 1.50 bits per heavy atom. The lowest BCUT2D eigenvalue weighted by Crippen LogP contribution is -2.41. The van der Waals surface area contributed by atoms with Gasteiger partial charge in [-0.15, -0.1) is 0 Å². The highest BCUT2D eigenvalue weighted by Crippen LogP contribution is 2.19. The molecule has 0 saturated carbocycles. The first-order valence-corrected chi connectivity index (χ1v) is 8.98. The number of morpholine rings is 1. The van der Waals surface area contributed by atoms with Gasteiger partial charge in [-0.1, -0.05) is 6.07 Å². The number of nitrogens with zero attached hydrogens (tertiary/aromatic N) is 1. The molecule has 2 amide bonds.